The Morgan fingerprint density at radius 2 is 1.34 bits per heavy atom. The molecule has 1 aliphatic carbocycles. The minimum atomic E-state index is -4.63. The number of carbonyl (C=O) groups is 7. The van der Waals surface area contributed by atoms with Crippen molar-refractivity contribution >= 4 is 89.2 Å². The molecule has 6 heterocycles. The van der Waals surface area contributed by atoms with Gasteiger partial charge in [-0.15, -0.1) is 0 Å². The van der Waals surface area contributed by atoms with Gasteiger partial charge in [0.25, 0.3) is 15.7 Å². The maximum atomic E-state index is 15.5. The summed E-state index contributed by atoms with van der Waals surface area (Å²) in [5, 5.41) is 30.5. The van der Waals surface area contributed by atoms with Gasteiger partial charge in [-0.25, -0.2) is 37.3 Å². The van der Waals surface area contributed by atoms with E-state index in [1.807, 2.05) is 34.8 Å². The van der Waals surface area contributed by atoms with E-state index in [9.17, 15) is 64.9 Å². The van der Waals surface area contributed by atoms with Crippen molar-refractivity contribution in [1.29, 1.82) is 0 Å². The van der Waals surface area contributed by atoms with E-state index in [-0.39, 0.29) is 132 Å². The number of aliphatic hydroxyl groups is 1. The smallest absolute Gasteiger partial charge is 0.343 e. The van der Waals surface area contributed by atoms with Crippen LogP contribution in [0.15, 0.2) is 65.6 Å². The maximum Gasteiger partial charge on any atom is 0.343 e. The van der Waals surface area contributed by atoms with E-state index in [1.165, 1.54) is 23.6 Å². The van der Waals surface area contributed by atoms with E-state index in [0.717, 1.165) is 11.1 Å². The van der Waals surface area contributed by atoms with Crippen LogP contribution >= 0.6 is 0 Å². The number of aryl methyl sites for hydroxylation is 2. The summed E-state index contributed by atoms with van der Waals surface area (Å²) < 4.78 is 132. The van der Waals surface area contributed by atoms with E-state index < -0.39 is 121 Å². The van der Waals surface area contributed by atoms with Crippen molar-refractivity contribution in [1.82, 2.24) is 60.8 Å². The van der Waals surface area contributed by atoms with Gasteiger partial charge in [0.15, 0.2) is 5.60 Å². The number of sulfonamides is 1. The lowest BCUT2D eigenvalue weighted by Gasteiger charge is -2.31. The Morgan fingerprint density at radius 3 is 1.95 bits per heavy atom. The summed E-state index contributed by atoms with van der Waals surface area (Å²) in [6.07, 6.45) is 1.59. The highest BCUT2D eigenvalue weighted by molar-refractivity contribution is 7.89. The van der Waals surface area contributed by atoms with Gasteiger partial charge in [-0.3, -0.25) is 43.5 Å². The average molecular weight is 1660 g/mol. The molecule has 636 valence electrons. The molecule has 39 heteroatoms. The van der Waals surface area contributed by atoms with Crippen LogP contribution in [-0.4, -0.2) is 248 Å². The van der Waals surface area contributed by atoms with Crippen LogP contribution in [0.1, 0.15) is 110 Å². The second-order valence-electron chi connectivity index (χ2n) is 28.4. The number of hydrogen-bond acceptors (Lipinski definition) is 26. The zero-order valence-corrected chi connectivity index (χ0v) is 67.9. The number of halogens is 1. The van der Waals surface area contributed by atoms with Crippen LogP contribution in [0.5, 0.6) is 0 Å². The summed E-state index contributed by atoms with van der Waals surface area (Å²) in [6, 6.07) is 10.6. The van der Waals surface area contributed by atoms with Crippen molar-refractivity contribution in [3.63, 3.8) is 0 Å². The number of fused-ring (bicyclic) bond motifs is 6. The minimum absolute atomic E-state index is 0.00535. The van der Waals surface area contributed by atoms with Gasteiger partial charge in [0.1, 0.15) is 41.9 Å². The van der Waals surface area contributed by atoms with E-state index in [1.54, 1.807) is 65.2 Å². The SMILES string of the molecule is CC[C@@]1(O)C(=O)OCc2c1cc1n(c2=O)Cc2c-1nc1cc(F)c(C)c3c1c2[C@@H](NS(=O)(=O)CCC(=O)NCc1ccc(NC(=O)[C@H](C)NC(=O)[C@@H](NC(=O)CCOCCOCCOCCOCCOCCOCCOCCOCCNC(=O)[C@H](CS(=O)(=O)O)NC(=O)CCn2c(CN(C)NC)cc4cccnc42)C(C)C)cc1)CC3. The Hall–Kier alpha value is -8.91. The molecule has 6 amide bonds. The van der Waals surface area contributed by atoms with Gasteiger partial charge in [0.05, 0.1) is 147 Å². The molecule has 2 aromatic carbocycles. The van der Waals surface area contributed by atoms with Gasteiger partial charge in [-0.2, -0.15) is 8.42 Å². The molecule has 9 rings (SSSR count). The molecule has 0 unspecified atom stereocenters. The number of anilines is 1. The summed E-state index contributed by atoms with van der Waals surface area (Å²) in [5.41, 5.74) is 6.15. The van der Waals surface area contributed by atoms with Crippen LogP contribution in [0, 0.1) is 18.7 Å². The maximum absolute atomic E-state index is 15.5. The molecule has 10 N–H and O–H groups in total. The van der Waals surface area contributed by atoms with Crippen LogP contribution < -0.4 is 47.6 Å². The molecule has 0 saturated carbocycles. The first-order valence-electron chi connectivity index (χ1n) is 38.5. The van der Waals surface area contributed by atoms with E-state index in [0.29, 0.717) is 124 Å². The van der Waals surface area contributed by atoms with E-state index in [2.05, 4.69) is 47.0 Å². The minimum Gasteiger partial charge on any atom is -0.458 e. The van der Waals surface area contributed by atoms with E-state index in [4.69, 9.17) is 47.6 Å². The quantitative estimate of drug-likeness (QED) is 0.0112. The number of rotatable bonds is 51. The van der Waals surface area contributed by atoms with Gasteiger partial charge in [-0.05, 0) is 105 Å². The molecule has 0 fully saturated rings. The van der Waals surface area contributed by atoms with Crippen molar-refractivity contribution < 1.29 is 107 Å². The van der Waals surface area contributed by atoms with Gasteiger partial charge < -0.3 is 88.8 Å². The number of ether oxygens (including phenoxy) is 9. The number of aromatic nitrogens is 4. The number of nitrogens with zero attached hydrogens (tertiary/aromatic N) is 5. The summed E-state index contributed by atoms with van der Waals surface area (Å²) in [6.45, 7) is 13.0. The zero-order chi connectivity index (χ0) is 83.7. The first kappa shape index (κ1) is 91.0. The molecule has 0 bridgehead atoms. The lowest BCUT2D eigenvalue weighted by Crippen LogP contribution is -2.53. The van der Waals surface area contributed by atoms with Crippen LogP contribution in [0.2, 0.25) is 0 Å². The zero-order valence-electron chi connectivity index (χ0n) is 66.3. The molecule has 2 aliphatic heterocycles. The summed E-state index contributed by atoms with van der Waals surface area (Å²) >= 11 is 0. The molecular weight excluding hydrogens is 1560 g/mol. The van der Waals surface area contributed by atoms with Crippen molar-refractivity contribution in [2.75, 3.05) is 143 Å². The molecule has 3 aliphatic rings. The molecule has 4 aromatic heterocycles. The fourth-order valence-corrected chi connectivity index (χ4v) is 15.4. The third-order valence-electron chi connectivity index (χ3n) is 19.8. The fourth-order valence-electron chi connectivity index (χ4n) is 13.5. The first-order chi connectivity index (χ1) is 55.5. The normalized spacial score (nSPS) is 15.9. The Labute approximate surface area is 671 Å². The summed E-state index contributed by atoms with van der Waals surface area (Å²) in [7, 11) is -5.14. The molecule has 5 atom stereocenters. The standard InChI is InChI=1S/C77H106FN13O23S2/c1-8-77(100)58-41-63-70-56(45-91(63)75(98)57(58)46-114-76(77)99)68-60(16-15-55-49(4)59(78)42-61(86-70)67(55)68)88-115(101,102)39-19-64(92)82-43-51-11-13-53(14-12-51)84-72(95)50(5)83-74(97)69(48(2)3)87-66(94)18-23-106-25-27-108-29-31-110-33-35-112-37-38-113-36-34-111-32-30-109-28-26-107-24-21-81-73(96)62(47-116(103,104)105)85-65(93)17-22-90-54(44-89(7)79-6)40-52-10-9-20-80-71(52)90/h9-14,20,40-42,48,50,60,62,69,79,88,100H,8,15-19,21-39,43-47H2,1-7H3,(H,81,96)(H,82,92)(H,83,97)(H,84,95)(H,85,93)(H,87,94)(H,103,104,105)/t50-,60-,62-,69-,77-/m0/s1. The van der Waals surface area contributed by atoms with Crippen LogP contribution in [-0.2, 0) is 141 Å². The molecule has 0 saturated heterocycles. The Bertz CT molecular complexity index is 4730. The Kier molecular flexibility index (Phi) is 34.1. The van der Waals surface area contributed by atoms with Crippen molar-refractivity contribution in [3.05, 3.63) is 122 Å². The lowest BCUT2D eigenvalue weighted by atomic mass is 9.82. The van der Waals surface area contributed by atoms with Crippen molar-refractivity contribution in [3.8, 4) is 11.4 Å². The number of amides is 6. The number of cyclic esters (lactones) is 1. The van der Waals surface area contributed by atoms with Crippen molar-refractivity contribution in [2.45, 2.75) is 136 Å². The van der Waals surface area contributed by atoms with Crippen molar-refractivity contribution in [2.24, 2.45) is 5.92 Å². The average Bonchev–Trinajstić information content (AvgIpc) is 1.52. The molecule has 0 spiro atoms. The highest BCUT2D eigenvalue weighted by atomic mass is 32.2. The van der Waals surface area contributed by atoms with Gasteiger partial charge in [-0.1, -0.05) is 32.9 Å². The predicted molar refractivity (Wildman–Crippen MR) is 421 cm³/mol. The highest BCUT2D eigenvalue weighted by Crippen LogP contribution is 2.46. The molecule has 36 nitrogen and oxygen atoms in total. The first-order valence-corrected chi connectivity index (χ1v) is 41.8. The summed E-state index contributed by atoms with van der Waals surface area (Å²) in [4.78, 5) is 115. The second-order valence-corrected chi connectivity index (χ2v) is 31.8. The number of nitrogens with one attached hydrogen (secondary N) is 8. The van der Waals surface area contributed by atoms with Gasteiger partial charge in [0.2, 0.25) is 45.5 Å². The Morgan fingerprint density at radius 1 is 0.733 bits per heavy atom. The van der Waals surface area contributed by atoms with Crippen LogP contribution in [0.25, 0.3) is 33.3 Å². The largest absolute Gasteiger partial charge is 0.458 e. The molecule has 0 radical (unpaired) electrons. The van der Waals surface area contributed by atoms with Crippen LogP contribution in [0.4, 0.5) is 10.1 Å². The fraction of sp³-hybridized carbons (Fsp3) is 0.558. The van der Waals surface area contributed by atoms with Crippen LogP contribution in [0.3, 0.4) is 0 Å². The van der Waals surface area contributed by atoms with Gasteiger partial charge in [0, 0.05) is 97.5 Å². The lowest BCUT2D eigenvalue weighted by molar-refractivity contribution is -0.172. The summed E-state index contributed by atoms with van der Waals surface area (Å²) in [5.74, 6) is -6.79. The van der Waals surface area contributed by atoms with E-state index >= 15 is 4.39 Å². The number of esters is 1. The number of hydrogen-bond donors (Lipinski definition) is 10. The third-order valence-corrected chi connectivity index (χ3v) is 21.9. The monoisotopic (exact) mass is 1660 g/mol. The highest BCUT2D eigenvalue weighted by Gasteiger charge is 2.46. The molecular formula is C77H106FN13O23S2. The third kappa shape index (κ3) is 25.6. The number of carbonyl (C=O) groups excluding carboxylic acids is 7. The topological polar surface area (TPSA) is 463 Å². The molecule has 6 aromatic rings. The van der Waals surface area contributed by atoms with Gasteiger partial charge >= 0.3 is 5.97 Å². The number of pyridine rings is 3. The second kappa shape index (κ2) is 43.5. The predicted octanol–water partition coefficient (Wildman–Crippen LogP) is 1.74. The number of benzene rings is 2. The Balaban J connectivity index is 0.549. The number of hydrazine groups is 1. The molecule has 116 heavy (non-hydrogen) atoms.